The van der Waals surface area contributed by atoms with E-state index >= 15 is 0 Å². The van der Waals surface area contributed by atoms with Crippen LogP contribution < -0.4 is 11.1 Å². The van der Waals surface area contributed by atoms with Crippen molar-refractivity contribution in [1.82, 2.24) is 4.98 Å². The van der Waals surface area contributed by atoms with Crippen molar-refractivity contribution in [3.63, 3.8) is 0 Å². The van der Waals surface area contributed by atoms with Crippen molar-refractivity contribution in [3.05, 3.63) is 23.9 Å². The van der Waals surface area contributed by atoms with E-state index in [1.807, 2.05) is 12.1 Å². The Hall–Kier alpha value is -1.20. The third-order valence-electron chi connectivity index (χ3n) is 2.24. The molecule has 94 valence electrons. The fourth-order valence-corrected chi connectivity index (χ4v) is 1.36. The van der Waals surface area contributed by atoms with Gasteiger partial charge in [0.2, 0.25) is 0 Å². The Balaban J connectivity index is 2.21. The van der Waals surface area contributed by atoms with Crippen molar-refractivity contribution in [1.29, 1.82) is 0 Å². The highest BCUT2D eigenvalue weighted by molar-refractivity contribution is 7.80. The van der Waals surface area contributed by atoms with Crippen LogP contribution in [0.2, 0.25) is 0 Å². The summed E-state index contributed by atoms with van der Waals surface area (Å²) >= 11 is 4.85. The number of nitrogens with zero attached hydrogens (tertiary/aromatic N) is 1. The van der Waals surface area contributed by atoms with Gasteiger partial charge >= 0.3 is 0 Å². The molecule has 17 heavy (non-hydrogen) atoms. The second-order valence-electron chi connectivity index (χ2n) is 3.69. The number of thiocarbonyl (C=S) groups is 1. The number of nitrogens with one attached hydrogen (secondary N) is 1. The summed E-state index contributed by atoms with van der Waals surface area (Å²) in [5.41, 5.74) is 6.27. The van der Waals surface area contributed by atoms with Crippen LogP contribution in [-0.2, 0) is 4.74 Å². The van der Waals surface area contributed by atoms with Gasteiger partial charge in [-0.15, -0.1) is 0 Å². The molecule has 0 bridgehead atoms. The van der Waals surface area contributed by atoms with Gasteiger partial charge in [0.15, 0.2) is 0 Å². The predicted molar refractivity (Wildman–Crippen MR) is 74.3 cm³/mol. The largest absolute Gasteiger partial charge is 0.389 e. The molecule has 0 aliphatic rings. The standard InChI is InChI=1S/C12H19N3OS/c1-2-3-7-16-8-6-14-11-5-4-10(9-15-11)12(13)17/h4-5,9H,2-3,6-8H2,1H3,(H2,13,17)(H,14,15). The van der Waals surface area contributed by atoms with Crippen molar-refractivity contribution in [2.24, 2.45) is 5.73 Å². The molecular formula is C12H19N3OS. The number of aromatic nitrogens is 1. The third-order valence-corrected chi connectivity index (χ3v) is 2.48. The van der Waals surface area contributed by atoms with Gasteiger partial charge in [-0.25, -0.2) is 4.98 Å². The lowest BCUT2D eigenvalue weighted by Gasteiger charge is -2.06. The van der Waals surface area contributed by atoms with Crippen LogP contribution in [-0.4, -0.2) is 29.7 Å². The number of pyridine rings is 1. The zero-order chi connectivity index (χ0) is 12.5. The first-order valence-corrected chi connectivity index (χ1v) is 6.22. The summed E-state index contributed by atoms with van der Waals surface area (Å²) in [4.78, 5) is 4.57. The third kappa shape index (κ3) is 5.60. The van der Waals surface area contributed by atoms with E-state index in [0.717, 1.165) is 37.4 Å². The van der Waals surface area contributed by atoms with Crippen LogP contribution in [0.15, 0.2) is 18.3 Å². The maximum absolute atomic E-state index is 5.48. The topological polar surface area (TPSA) is 60.2 Å². The van der Waals surface area contributed by atoms with Gasteiger partial charge in [0, 0.05) is 24.9 Å². The van der Waals surface area contributed by atoms with Crippen LogP contribution in [0.5, 0.6) is 0 Å². The van der Waals surface area contributed by atoms with E-state index in [1.165, 1.54) is 0 Å². The Bertz CT molecular complexity index is 340. The van der Waals surface area contributed by atoms with Crippen LogP contribution in [0.3, 0.4) is 0 Å². The van der Waals surface area contributed by atoms with E-state index in [0.29, 0.717) is 11.6 Å². The monoisotopic (exact) mass is 253 g/mol. The van der Waals surface area contributed by atoms with E-state index in [9.17, 15) is 0 Å². The zero-order valence-corrected chi connectivity index (χ0v) is 10.9. The van der Waals surface area contributed by atoms with Crippen molar-refractivity contribution in [2.75, 3.05) is 25.1 Å². The average Bonchev–Trinajstić information content (AvgIpc) is 2.34. The molecule has 0 saturated heterocycles. The molecule has 0 spiro atoms. The van der Waals surface area contributed by atoms with Gasteiger partial charge in [0.25, 0.3) is 0 Å². The van der Waals surface area contributed by atoms with Gasteiger partial charge in [-0.2, -0.15) is 0 Å². The van der Waals surface area contributed by atoms with Gasteiger partial charge in [0.05, 0.1) is 6.61 Å². The normalized spacial score (nSPS) is 10.2. The SMILES string of the molecule is CCCCOCCNc1ccc(C(N)=S)cn1. The van der Waals surface area contributed by atoms with Gasteiger partial charge in [-0.05, 0) is 18.6 Å². The van der Waals surface area contributed by atoms with Gasteiger partial charge in [-0.3, -0.25) is 0 Å². The minimum atomic E-state index is 0.368. The van der Waals surface area contributed by atoms with Crippen LogP contribution in [0.25, 0.3) is 0 Å². The fourth-order valence-electron chi connectivity index (χ4n) is 1.24. The molecule has 1 aromatic heterocycles. The Morgan fingerprint density at radius 2 is 2.29 bits per heavy atom. The molecule has 5 heteroatoms. The van der Waals surface area contributed by atoms with Crippen molar-refractivity contribution < 1.29 is 4.74 Å². The Kier molecular flexibility index (Phi) is 6.50. The summed E-state index contributed by atoms with van der Waals surface area (Å²) in [6.45, 7) is 4.42. The lowest BCUT2D eigenvalue weighted by Crippen LogP contribution is -2.12. The summed E-state index contributed by atoms with van der Waals surface area (Å²) < 4.78 is 5.43. The molecule has 4 nitrogen and oxygen atoms in total. The van der Waals surface area contributed by atoms with Crippen LogP contribution >= 0.6 is 12.2 Å². The molecule has 0 saturated carbocycles. The minimum absolute atomic E-state index is 0.368. The maximum Gasteiger partial charge on any atom is 0.125 e. The summed E-state index contributed by atoms with van der Waals surface area (Å²) in [7, 11) is 0. The highest BCUT2D eigenvalue weighted by atomic mass is 32.1. The molecule has 0 amide bonds. The smallest absolute Gasteiger partial charge is 0.125 e. The molecule has 0 atom stereocenters. The van der Waals surface area contributed by atoms with E-state index < -0.39 is 0 Å². The van der Waals surface area contributed by atoms with Crippen LogP contribution in [0.1, 0.15) is 25.3 Å². The summed E-state index contributed by atoms with van der Waals surface area (Å²) in [6.07, 6.45) is 3.94. The maximum atomic E-state index is 5.48. The molecular weight excluding hydrogens is 234 g/mol. The number of anilines is 1. The highest BCUT2D eigenvalue weighted by Crippen LogP contribution is 2.04. The highest BCUT2D eigenvalue weighted by Gasteiger charge is 1.97. The van der Waals surface area contributed by atoms with E-state index in [4.69, 9.17) is 22.7 Å². The first kappa shape index (κ1) is 13.9. The quantitative estimate of drug-likeness (QED) is 0.548. The first-order valence-electron chi connectivity index (χ1n) is 5.81. The summed E-state index contributed by atoms with van der Waals surface area (Å²) in [5, 5.41) is 3.17. The van der Waals surface area contributed by atoms with Crippen LogP contribution in [0, 0.1) is 0 Å². The van der Waals surface area contributed by atoms with E-state index in [1.54, 1.807) is 6.20 Å². The second-order valence-corrected chi connectivity index (χ2v) is 4.13. The molecule has 0 fully saturated rings. The van der Waals surface area contributed by atoms with Crippen LogP contribution in [0.4, 0.5) is 5.82 Å². The number of rotatable bonds is 8. The lowest BCUT2D eigenvalue weighted by molar-refractivity contribution is 0.141. The van der Waals surface area contributed by atoms with Gasteiger partial charge < -0.3 is 15.8 Å². The minimum Gasteiger partial charge on any atom is -0.389 e. The molecule has 0 aliphatic heterocycles. The number of ether oxygens (including phenoxy) is 1. The Labute approximate surface area is 108 Å². The lowest BCUT2D eigenvalue weighted by atomic mass is 10.3. The second kappa shape index (κ2) is 7.97. The molecule has 1 aromatic rings. The number of hydrogen-bond acceptors (Lipinski definition) is 4. The number of hydrogen-bond donors (Lipinski definition) is 2. The average molecular weight is 253 g/mol. The predicted octanol–water partition coefficient (Wildman–Crippen LogP) is 1.94. The summed E-state index contributed by atoms with van der Waals surface area (Å²) in [5.74, 6) is 0.809. The van der Waals surface area contributed by atoms with Crippen molar-refractivity contribution in [2.45, 2.75) is 19.8 Å². The molecule has 0 unspecified atom stereocenters. The summed E-state index contributed by atoms with van der Waals surface area (Å²) in [6, 6.07) is 3.72. The van der Waals surface area contributed by atoms with E-state index in [-0.39, 0.29) is 0 Å². The molecule has 0 aromatic carbocycles. The molecule has 0 radical (unpaired) electrons. The number of unbranched alkanes of at least 4 members (excludes halogenated alkanes) is 1. The van der Waals surface area contributed by atoms with Gasteiger partial charge in [0.1, 0.15) is 10.8 Å². The van der Waals surface area contributed by atoms with E-state index in [2.05, 4.69) is 17.2 Å². The Morgan fingerprint density at radius 3 is 2.88 bits per heavy atom. The zero-order valence-electron chi connectivity index (χ0n) is 10.1. The molecule has 1 rings (SSSR count). The molecule has 3 N–H and O–H groups in total. The Morgan fingerprint density at radius 1 is 1.47 bits per heavy atom. The number of nitrogens with two attached hydrogens (primary N) is 1. The van der Waals surface area contributed by atoms with Crippen molar-refractivity contribution >= 4 is 23.0 Å². The van der Waals surface area contributed by atoms with Crippen molar-refractivity contribution in [3.8, 4) is 0 Å². The molecule has 1 heterocycles. The molecule has 0 aliphatic carbocycles. The first-order chi connectivity index (χ1) is 8.24. The van der Waals surface area contributed by atoms with Gasteiger partial charge in [-0.1, -0.05) is 25.6 Å². The fraction of sp³-hybridized carbons (Fsp3) is 0.500.